The van der Waals surface area contributed by atoms with Gasteiger partial charge < -0.3 is 15.2 Å². The summed E-state index contributed by atoms with van der Waals surface area (Å²) >= 11 is 0. The van der Waals surface area contributed by atoms with Gasteiger partial charge >= 0.3 is 0 Å². The summed E-state index contributed by atoms with van der Waals surface area (Å²) in [7, 11) is 0. The lowest BCUT2D eigenvalue weighted by Gasteiger charge is -2.22. The van der Waals surface area contributed by atoms with Crippen molar-refractivity contribution in [2.24, 2.45) is 0 Å². The van der Waals surface area contributed by atoms with Crippen LogP contribution in [0.4, 0.5) is 11.4 Å². The second-order valence-electron chi connectivity index (χ2n) is 7.57. The molecule has 0 unspecified atom stereocenters. The summed E-state index contributed by atoms with van der Waals surface area (Å²) in [5.74, 6) is 0.468. The highest BCUT2D eigenvalue weighted by Gasteiger charge is 2.22. The van der Waals surface area contributed by atoms with Crippen LogP contribution in [0, 0.1) is 10.1 Å². The Morgan fingerprint density at radius 3 is 2.63 bits per heavy atom. The predicted molar refractivity (Wildman–Crippen MR) is 116 cm³/mol. The number of benzene rings is 2. The molecule has 2 heterocycles. The van der Waals surface area contributed by atoms with Crippen LogP contribution in [-0.2, 0) is 6.42 Å². The van der Waals surface area contributed by atoms with E-state index in [1.165, 1.54) is 6.07 Å². The number of para-hydroxylation sites is 2. The number of anilines is 1. The number of hydrogen-bond donors (Lipinski definition) is 2. The molecule has 0 atom stereocenters. The zero-order valence-electron chi connectivity index (χ0n) is 16.8. The summed E-state index contributed by atoms with van der Waals surface area (Å²) in [6.07, 6.45) is 4.91. The van der Waals surface area contributed by atoms with E-state index in [1.807, 2.05) is 24.3 Å². The second-order valence-corrected chi connectivity index (χ2v) is 7.57. The Kier molecular flexibility index (Phi) is 5.92. The van der Waals surface area contributed by atoms with Gasteiger partial charge in [0, 0.05) is 37.7 Å². The van der Waals surface area contributed by atoms with E-state index in [4.69, 9.17) is 0 Å². The lowest BCUT2D eigenvalue weighted by molar-refractivity contribution is -0.384. The van der Waals surface area contributed by atoms with Crippen molar-refractivity contribution >= 4 is 28.3 Å². The minimum Gasteiger partial charge on any atom is -0.366 e. The number of aromatic nitrogens is 2. The van der Waals surface area contributed by atoms with E-state index >= 15 is 0 Å². The monoisotopic (exact) mass is 407 g/mol. The molecule has 8 nitrogen and oxygen atoms in total. The molecule has 1 aromatic heterocycles. The van der Waals surface area contributed by atoms with E-state index in [-0.39, 0.29) is 11.6 Å². The molecule has 0 radical (unpaired) electrons. The van der Waals surface area contributed by atoms with Crippen molar-refractivity contribution in [1.82, 2.24) is 15.3 Å². The van der Waals surface area contributed by atoms with Crippen molar-refractivity contribution in [3.05, 3.63) is 64.0 Å². The number of nitrogens with zero attached hydrogens (tertiary/aromatic N) is 3. The molecule has 1 saturated heterocycles. The zero-order valence-corrected chi connectivity index (χ0v) is 16.8. The van der Waals surface area contributed by atoms with Gasteiger partial charge in [-0.05, 0) is 37.1 Å². The number of carbonyl (C=O) groups excluding carboxylic acids is 1. The van der Waals surface area contributed by atoms with E-state index in [1.54, 1.807) is 12.1 Å². The molecule has 0 saturated carbocycles. The minimum absolute atomic E-state index is 0.0122. The fourth-order valence-electron chi connectivity index (χ4n) is 3.91. The Hall–Kier alpha value is -3.42. The fourth-order valence-corrected chi connectivity index (χ4v) is 3.91. The summed E-state index contributed by atoms with van der Waals surface area (Å²) in [5.41, 5.74) is 2.73. The first-order valence-corrected chi connectivity index (χ1v) is 10.4. The number of rotatable bonds is 6. The third-order valence-corrected chi connectivity index (χ3v) is 5.47. The summed E-state index contributed by atoms with van der Waals surface area (Å²) in [5, 5.41) is 14.5. The number of carbonyl (C=O) groups is 1. The van der Waals surface area contributed by atoms with Gasteiger partial charge in [-0.15, -0.1) is 0 Å². The van der Waals surface area contributed by atoms with Gasteiger partial charge in [-0.2, -0.15) is 0 Å². The second kappa shape index (κ2) is 8.94. The summed E-state index contributed by atoms with van der Waals surface area (Å²) in [6, 6.07) is 12.5. The van der Waals surface area contributed by atoms with E-state index in [0.29, 0.717) is 24.2 Å². The molecule has 2 aromatic carbocycles. The van der Waals surface area contributed by atoms with Gasteiger partial charge in [0.15, 0.2) is 0 Å². The van der Waals surface area contributed by atoms with Gasteiger partial charge in [0.2, 0.25) is 0 Å². The topological polar surface area (TPSA) is 104 Å². The lowest BCUT2D eigenvalue weighted by atomic mass is 10.1. The average Bonchev–Trinajstić information content (AvgIpc) is 2.97. The van der Waals surface area contributed by atoms with E-state index < -0.39 is 4.92 Å². The number of amides is 1. The molecule has 156 valence electrons. The first-order chi connectivity index (χ1) is 14.6. The number of nitrogens with one attached hydrogen (secondary N) is 2. The standard InChI is InChI=1S/C22H25N5O3/c28-22(23-12-11-21-24-17-7-3-4-8-18(17)25-21)16-9-10-19(20(15-16)27(29)30)26-13-5-1-2-6-14-26/h3-4,7-10,15H,1-2,5-6,11-14H2,(H,23,28)(H,24,25). The molecule has 1 amide bonds. The van der Waals surface area contributed by atoms with Crippen molar-refractivity contribution in [1.29, 1.82) is 0 Å². The van der Waals surface area contributed by atoms with E-state index in [0.717, 1.165) is 55.6 Å². The number of nitro benzene ring substituents is 1. The SMILES string of the molecule is O=C(NCCc1nc2ccccc2[nH]1)c1ccc(N2CCCCCC2)c([N+](=O)[O-])c1. The van der Waals surface area contributed by atoms with Crippen LogP contribution in [-0.4, -0.2) is 40.4 Å². The molecule has 0 aliphatic carbocycles. The van der Waals surface area contributed by atoms with E-state index in [2.05, 4.69) is 20.2 Å². The predicted octanol–water partition coefficient (Wildman–Crippen LogP) is 3.82. The molecular weight excluding hydrogens is 382 g/mol. The number of hydrogen-bond acceptors (Lipinski definition) is 5. The number of nitro groups is 1. The average molecular weight is 407 g/mol. The molecule has 30 heavy (non-hydrogen) atoms. The molecular formula is C22H25N5O3. The zero-order chi connectivity index (χ0) is 20.9. The highest BCUT2D eigenvalue weighted by molar-refractivity contribution is 5.95. The van der Waals surface area contributed by atoms with Crippen molar-refractivity contribution in [3.63, 3.8) is 0 Å². The smallest absolute Gasteiger partial charge is 0.293 e. The van der Waals surface area contributed by atoms with Gasteiger partial charge in [-0.25, -0.2) is 4.98 Å². The molecule has 8 heteroatoms. The van der Waals surface area contributed by atoms with Crippen LogP contribution in [0.25, 0.3) is 11.0 Å². The van der Waals surface area contributed by atoms with Gasteiger partial charge in [0.25, 0.3) is 11.6 Å². The van der Waals surface area contributed by atoms with Gasteiger partial charge in [-0.3, -0.25) is 14.9 Å². The van der Waals surface area contributed by atoms with E-state index in [9.17, 15) is 14.9 Å². The Morgan fingerprint density at radius 2 is 1.90 bits per heavy atom. The molecule has 3 aromatic rings. The van der Waals surface area contributed by atoms with Crippen LogP contribution in [0.2, 0.25) is 0 Å². The first-order valence-electron chi connectivity index (χ1n) is 10.4. The van der Waals surface area contributed by atoms with Crippen LogP contribution < -0.4 is 10.2 Å². The summed E-state index contributed by atoms with van der Waals surface area (Å²) in [4.78, 5) is 33.6. The molecule has 0 spiro atoms. The van der Waals surface area contributed by atoms with Gasteiger partial charge in [-0.1, -0.05) is 25.0 Å². The molecule has 1 aliphatic heterocycles. The molecule has 2 N–H and O–H groups in total. The maximum absolute atomic E-state index is 12.5. The van der Waals surface area contributed by atoms with Crippen LogP contribution in [0.1, 0.15) is 41.9 Å². The number of fused-ring (bicyclic) bond motifs is 1. The Balaban J connectivity index is 1.42. The van der Waals surface area contributed by atoms with Crippen molar-refractivity contribution in [2.45, 2.75) is 32.1 Å². The third-order valence-electron chi connectivity index (χ3n) is 5.47. The lowest BCUT2D eigenvalue weighted by Crippen LogP contribution is -2.27. The van der Waals surface area contributed by atoms with Crippen molar-refractivity contribution in [2.75, 3.05) is 24.5 Å². The summed E-state index contributed by atoms with van der Waals surface area (Å²) in [6.45, 7) is 2.01. The van der Waals surface area contributed by atoms with Crippen molar-refractivity contribution in [3.8, 4) is 0 Å². The van der Waals surface area contributed by atoms with Gasteiger partial charge in [0.05, 0.1) is 16.0 Å². The quantitative estimate of drug-likeness (QED) is 0.477. The Morgan fingerprint density at radius 1 is 1.13 bits per heavy atom. The Labute approximate surface area is 174 Å². The number of H-pyrrole nitrogens is 1. The largest absolute Gasteiger partial charge is 0.366 e. The molecule has 4 rings (SSSR count). The first kappa shape index (κ1) is 19.9. The maximum Gasteiger partial charge on any atom is 0.293 e. The van der Waals surface area contributed by atoms with Gasteiger partial charge in [0.1, 0.15) is 11.5 Å². The number of aromatic amines is 1. The molecule has 1 aliphatic rings. The highest BCUT2D eigenvalue weighted by atomic mass is 16.6. The normalized spacial score (nSPS) is 14.5. The Bertz CT molecular complexity index is 1020. The highest BCUT2D eigenvalue weighted by Crippen LogP contribution is 2.31. The maximum atomic E-state index is 12.5. The molecule has 0 bridgehead atoms. The van der Waals surface area contributed by atoms with Crippen LogP contribution in [0.3, 0.4) is 0 Å². The van der Waals surface area contributed by atoms with Crippen LogP contribution >= 0.6 is 0 Å². The third kappa shape index (κ3) is 4.42. The minimum atomic E-state index is -0.397. The van der Waals surface area contributed by atoms with Crippen LogP contribution in [0.5, 0.6) is 0 Å². The van der Waals surface area contributed by atoms with Crippen LogP contribution in [0.15, 0.2) is 42.5 Å². The fraction of sp³-hybridized carbons (Fsp3) is 0.364. The summed E-state index contributed by atoms with van der Waals surface area (Å²) < 4.78 is 0. The van der Waals surface area contributed by atoms with Crippen molar-refractivity contribution < 1.29 is 9.72 Å². The number of imidazole rings is 1. The molecule has 1 fully saturated rings.